The van der Waals surface area contributed by atoms with Crippen LogP contribution in [0.3, 0.4) is 0 Å². The quantitative estimate of drug-likeness (QED) is 0.329. The minimum absolute atomic E-state index is 0.0295. The van der Waals surface area contributed by atoms with Crippen LogP contribution in [0, 0.1) is 10.1 Å². The molecule has 0 bridgehead atoms. The molecule has 0 aliphatic heterocycles. The monoisotopic (exact) mass is 428 g/mol. The Morgan fingerprint density at radius 3 is 1.94 bits per heavy atom. The summed E-state index contributed by atoms with van der Waals surface area (Å²) in [5.41, 5.74) is 3.82. The van der Waals surface area contributed by atoms with Crippen molar-refractivity contribution in [2.75, 3.05) is 4.90 Å². The van der Waals surface area contributed by atoms with Gasteiger partial charge < -0.3 is 14.2 Å². The van der Waals surface area contributed by atoms with E-state index in [0.29, 0.717) is 17.5 Å². The van der Waals surface area contributed by atoms with E-state index in [1.54, 1.807) is 0 Å². The summed E-state index contributed by atoms with van der Waals surface area (Å²) in [6.45, 7) is 0.141. The van der Waals surface area contributed by atoms with Gasteiger partial charge in [-0.15, -0.1) is 0 Å². The summed E-state index contributed by atoms with van der Waals surface area (Å²) < 4.78 is 3.90. The van der Waals surface area contributed by atoms with E-state index in [9.17, 15) is 15.2 Å². The summed E-state index contributed by atoms with van der Waals surface area (Å²) in [6, 6.07) is 19.5. The summed E-state index contributed by atoms with van der Waals surface area (Å²) in [4.78, 5) is 22.3. The first-order valence-electron chi connectivity index (χ1n) is 10.0. The zero-order valence-electron chi connectivity index (χ0n) is 17.5. The largest absolute Gasteiger partial charge is 0.508 e. The molecule has 0 saturated heterocycles. The van der Waals surface area contributed by atoms with Crippen molar-refractivity contribution in [2.45, 2.75) is 6.54 Å². The molecule has 5 aromatic rings. The van der Waals surface area contributed by atoms with Gasteiger partial charge >= 0.3 is 0 Å². The molecule has 0 fully saturated rings. The molecule has 5 rings (SSSR count). The van der Waals surface area contributed by atoms with Crippen molar-refractivity contribution in [1.29, 1.82) is 0 Å². The van der Waals surface area contributed by atoms with Crippen molar-refractivity contribution in [3.8, 4) is 5.75 Å². The van der Waals surface area contributed by atoms with Gasteiger partial charge in [0.1, 0.15) is 5.75 Å². The number of aromatic hydroxyl groups is 1. The van der Waals surface area contributed by atoms with Crippen molar-refractivity contribution < 1.29 is 10.0 Å². The molecule has 2 aromatic heterocycles. The number of fused-ring (bicyclic) bond motifs is 2. The molecule has 0 unspecified atom stereocenters. The molecule has 0 aliphatic rings. The highest BCUT2D eigenvalue weighted by atomic mass is 16.6. The van der Waals surface area contributed by atoms with Crippen LogP contribution in [0.1, 0.15) is 5.56 Å². The molecule has 32 heavy (non-hydrogen) atoms. The zero-order chi connectivity index (χ0) is 22.4. The van der Waals surface area contributed by atoms with E-state index in [1.807, 2.05) is 76.7 Å². The van der Waals surface area contributed by atoms with Crippen LogP contribution in [-0.2, 0) is 20.6 Å². The average molecular weight is 428 g/mol. The Morgan fingerprint density at radius 2 is 1.44 bits per heavy atom. The number of phenolic OH excluding ortho intramolecular Hbond substituents is 1. The number of benzene rings is 3. The molecule has 1 N–H and O–H groups in total. The zero-order valence-corrected chi connectivity index (χ0v) is 17.5. The molecule has 9 heteroatoms. The Balaban J connectivity index is 1.72. The first kappa shape index (κ1) is 19.6. The normalized spacial score (nSPS) is 11.3. The number of aromatic nitrogens is 4. The molecule has 0 spiro atoms. The molecule has 3 aromatic carbocycles. The number of anilines is 2. The van der Waals surface area contributed by atoms with Crippen LogP contribution < -0.4 is 4.90 Å². The lowest BCUT2D eigenvalue weighted by molar-refractivity contribution is -0.384. The Bertz CT molecular complexity index is 1410. The lowest BCUT2D eigenvalue weighted by Crippen LogP contribution is -2.23. The van der Waals surface area contributed by atoms with Gasteiger partial charge in [0.05, 0.1) is 33.5 Å². The lowest BCUT2D eigenvalue weighted by Gasteiger charge is -2.23. The van der Waals surface area contributed by atoms with E-state index in [-0.39, 0.29) is 18.0 Å². The van der Waals surface area contributed by atoms with E-state index in [0.717, 1.165) is 22.1 Å². The summed E-state index contributed by atoms with van der Waals surface area (Å²) in [5.74, 6) is 1.18. The fourth-order valence-corrected chi connectivity index (χ4v) is 3.96. The molecule has 0 atom stereocenters. The highest BCUT2D eigenvalue weighted by Crippen LogP contribution is 2.33. The van der Waals surface area contributed by atoms with E-state index in [4.69, 9.17) is 9.97 Å². The first-order chi connectivity index (χ1) is 15.4. The van der Waals surface area contributed by atoms with Crippen LogP contribution in [-0.4, -0.2) is 29.1 Å². The van der Waals surface area contributed by atoms with Crippen LogP contribution in [0.25, 0.3) is 22.1 Å². The number of nitro benzene ring substituents is 1. The van der Waals surface area contributed by atoms with E-state index in [1.165, 1.54) is 18.2 Å². The summed E-state index contributed by atoms with van der Waals surface area (Å²) in [5, 5.41) is 21.8. The lowest BCUT2D eigenvalue weighted by atomic mass is 10.1. The maximum atomic E-state index is 11.3. The SMILES string of the molecule is Cn1c(N(Cc2cc([N+](=O)[O-])ccc2O)c2nc3ccccc3n2C)nc2ccccc21. The predicted molar refractivity (Wildman–Crippen MR) is 122 cm³/mol. The van der Waals surface area contributed by atoms with Crippen molar-refractivity contribution in [1.82, 2.24) is 19.1 Å². The van der Waals surface area contributed by atoms with Crippen molar-refractivity contribution in [3.63, 3.8) is 0 Å². The highest BCUT2D eigenvalue weighted by molar-refractivity contribution is 5.82. The third-order valence-corrected chi connectivity index (χ3v) is 5.61. The van der Waals surface area contributed by atoms with Gasteiger partial charge in [0, 0.05) is 31.8 Å². The molecule has 9 nitrogen and oxygen atoms in total. The van der Waals surface area contributed by atoms with Crippen LogP contribution in [0.5, 0.6) is 5.75 Å². The summed E-state index contributed by atoms with van der Waals surface area (Å²) in [7, 11) is 3.82. The standard InChI is InChI=1S/C23H20N6O3/c1-26-19-9-5-3-7-17(19)24-22(26)28(14-15-13-16(29(31)32)11-12-21(15)30)23-25-18-8-4-6-10-20(18)27(23)2/h3-13,30H,14H2,1-2H3. The molecule has 0 radical (unpaired) electrons. The fraction of sp³-hybridized carbons (Fsp3) is 0.130. The van der Waals surface area contributed by atoms with Gasteiger partial charge in [-0.1, -0.05) is 24.3 Å². The second kappa shape index (κ2) is 7.38. The molecule has 2 heterocycles. The second-order valence-corrected chi connectivity index (χ2v) is 7.58. The Kier molecular flexibility index (Phi) is 4.51. The number of phenols is 1. The Hall–Kier alpha value is -4.40. The molecule has 160 valence electrons. The average Bonchev–Trinajstić information content (AvgIpc) is 3.30. The van der Waals surface area contributed by atoms with Crippen LogP contribution in [0.2, 0.25) is 0 Å². The van der Waals surface area contributed by atoms with Gasteiger partial charge in [-0.05, 0) is 30.3 Å². The number of para-hydroxylation sites is 4. The molecule has 0 saturated carbocycles. The number of nitro groups is 1. The van der Waals surface area contributed by atoms with Crippen molar-refractivity contribution in [2.24, 2.45) is 14.1 Å². The Morgan fingerprint density at radius 1 is 0.906 bits per heavy atom. The number of aryl methyl sites for hydroxylation is 2. The maximum absolute atomic E-state index is 11.3. The molecule has 0 amide bonds. The van der Waals surface area contributed by atoms with E-state index >= 15 is 0 Å². The van der Waals surface area contributed by atoms with Crippen molar-refractivity contribution in [3.05, 3.63) is 82.4 Å². The molecule has 0 aliphatic carbocycles. The van der Waals surface area contributed by atoms with Gasteiger partial charge in [-0.25, -0.2) is 9.97 Å². The third-order valence-electron chi connectivity index (χ3n) is 5.61. The van der Waals surface area contributed by atoms with E-state index in [2.05, 4.69) is 0 Å². The number of rotatable bonds is 5. The smallest absolute Gasteiger partial charge is 0.270 e. The molecular formula is C23H20N6O3. The van der Waals surface area contributed by atoms with Crippen LogP contribution in [0.15, 0.2) is 66.7 Å². The van der Waals surface area contributed by atoms with Gasteiger partial charge in [-0.2, -0.15) is 0 Å². The number of nitrogens with zero attached hydrogens (tertiary/aromatic N) is 6. The third kappa shape index (κ3) is 3.11. The minimum Gasteiger partial charge on any atom is -0.508 e. The number of hydrogen-bond donors (Lipinski definition) is 1. The Labute approximate surface area is 182 Å². The van der Waals surface area contributed by atoms with Crippen molar-refractivity contribution >= 4 is 39.7 Å². The van der Waals surface area contributed by atoms with Gasteiger partial charge in [0.25, 0.3) is 5.69 Å². The van der Waals surface area contributed by atoms with Gasteiger partial charge in [0.15, 0.2) is 0 Å². The summed E-state index contributed by atoms with van der Waals surface area (Å²) in [6.07, 6.45) is 0. The number of imidazole rings is 2. The number of non-ortho nitro benzene ring substituents is 1. The van der Waals surface area contributed by atoms with Crippen LogP contribution in [0.4, 0.5) is 17.6 Å². The van der Waals surface area contributed by atoms with Crippen LogP contribution >= 0.6 is 0 Å². The highest BCUT2D eigenvalue weighted by Gasteiger charge is 2.24. The predicted octanol–water partition coefficient (Wildman–Crippen LogP) is 4.41. The van der Waals surface area contributed by atoms with Gasteiger partial charge in [0.2, 0.25) is 11.9 Å². The molecular weight excluding hydrogens is 408 g/mol. The van der Waals surface area contributed by atoms with Gasteiger partial charge in [-0.3, -0.25) is 15.0 Å². The topological polar surface area (TPSA) is 102 Å². The van der Waals surface area contributed by atoms with E-state index < -0.39 is 4.92 Å². The first-order valence-corrected chi connectivity index (χ1v) is 10.0. The number of hydrogen-bond acceptors (Lipinski definition) is 6. The second-order valence-electron chi connectivity index (χ2n) is 7.58. The maximum Gasteiger partial charge on any atom is 0.270 e. The fourth-order valence-electron chi connectivity index (χ4n) is 3.96. The minimum atomic E-state index is -0.475. The summed E-state index contributed by atoms with van der Waals surface area (Å²) >= 11 is 0.